The fraction of sp³-hybridized carbons (Fsp3) is 0.833. The highest BCUT2D eigenvalue weighted by Gasteiger charge is 2.19. The van der Waals surface area contributed by atoms with Crippen LogP contribution < -0.4 is 0 Å². The van der Waals surface area contributed by atoms with Crippen LogP contribution in [0.2, 0.25) is 0 Å². The maximum absolute atomic E-state index is 12.8. The molecule has 1 atom stereocenters. The second-order valence-corrected chi connectivity index (χ2v) is 21.3. The van der Waals surface area contributed by atoms with Gasteiger partial charge >= 0.3 is 17.9 Å². The molecule has 0 rings (SSSR count). The molecule has 0 aliphatic rings. The highest BCUT2D eigenvalue weighted by atomic mass is 16.6. The minimum absolute atomic E-state index is 0.0806. The number of hydrogen-bond acceptors (Lipinski definition) is 6. The molecular weight excluding hydrogens is 889 g/mol. The molecule has 0 heterocycles. The molecule has 0 amide bonds. The fourth-order valence-electron chi connectivity index (χ4n) is 9.29. The van der Waals surface area contributed by atoms with Gasteiger partial charge in [-0.3, -0.25) is 14.4 Å². The summed E-state index contributed by atoms with van der Waals surface area (Å²) < 4.78 is 16.9. The van der Waals surface area contributed by atoms with Crippen LogP contribution in [0.1, 0.15) is 335 Å². The van der Waals surface area contributed by atoms with Crippen LogP contribution in [0.5, 0.6) is 0 Å². The maximum atomic E-state index is 12.8. The Balaban J connectivity index is 4.15. The van der Waals surface area contributed by atoms with Crippen LogP contribution in [0.15, 0.2) is 48.6 Å². The van der Waals surface area contributed by atoms with Crippen molar-refractivity contribution in [2.75, 3.05) is 13.2 Å². The normalized spacial score (nSPS) is 12.3. The molecule has 0 N–H and O–H groups in total. The first-order valence-electron chi connectivity index (χ1n) is 31.6. The van der Waals surface area contributed by atoms with E-state index >= 15 is 0 Å². The molecule has 0 radical (unpaired) electrons. The second kappa shape index (κ2) is 60.9. The Morgan fingerprint density at radius 3 is 0.819 bits per heavy atom. The summed E-state index contributed by atoms with van der Waals surface area (Å²) in [6.45, 7) is 6.53. The third kappa shape index (κ3) is 58.3. The molecule has 0 aromatic heterocycles. The van der Waals surface area contributed by atoms with Crippen LogP contribution >= 0.6 is 0 Å². The van der Waals surface area contributed by atoms with Crippen molar-refractivity contribution in [1.82, 2.24) is 0 Å². The van der Waals surface area contributed by atoms with Gasteiger partial charge in [0, 0.05) is 19.3 Å². The predicted molar refractivity (Wildman–Crippen MR) is 312 cm³/mol. The molecule has 420 valence electrons. The number of rotatable bonds is 58. The summed E-state index contributed by atoms with van der Waals surface area (Å²) in [5, 5.41) is 0. The van der Waals surface area contributed by atoms with Gasteiger partial charge in [0.1, 0.15) is 13.2 Å². The minimum atomic E-state index is -0.784. The fourth-order valence-corrected chi connectivity index (χ4v) is 9.29. The number of carbonyl (C=O) groups is 3. The lowest BCUT2D eigenvalue weighted by molar-refractivity contribution is -0.167. The Bertz CT molecular complexity index is 1250. The largest absolute Gasteiger partial charge is 0.462 e. The van der Waals surface area contributed by atoms with E-state index in [4.69, 9.17) is 14.2 Å². The zero-order chi connectivity index (χ0) is 52.2. The van der Waals surface area contributed by atoms with Gasteiger partial charge in [-0.25, -0.2) is 0 Å². The topological polar surface area (TPSA) is 78.9 Å². The monoisotopic (exact) mass is 1010 g/mol. The Morgan fingerprint density at radius 2 is 0.528 bits per heavy atom. The van der Waals surface area contributed by atoms with Crippen LogP contribution in [0, 0.1) is 0 Å². The quantitative estimate of drug-likeness (QED) is 0.0261. The van der Waals surface area contributed by atoms with E-state index in [1.165, 1.54) is 180 Å². The summed E-state index contributed by atoms with van der Waals surface area (Å²) in [7, 11) is 0. The SMILES string of the molecule is CCC/C=C\C/C=C\CCCCCCCC(=O)OCC(COC(=O)CCCCCCCCCCCCCCCCCCCCCCCCCCCCCC)OC(=O)CCCCCCC/C=C\C/C=C\CCC. The summed E-state index contributed by atoms with van der Waals surface area (Å²) in [5.74, 6) is -0.894. The van der Waals surface area contributed by atoms with E-state index in [1.54, 1.807) is 0 Å². The number of ether oxygens (including phenoxy) is 3. The predicted octanol–water partition coefficient (Wildman–Crippen LogP) is 21.4. The third-order valence-electron chi connectivity index (χ3n) is 14.0. The smallest absolute Gasteiger partial charge is 0.306 e. The zero-order valence-corrected chi connectivity index (χ0v) is 48.2. The lowest BCUT2D eigenvalue weighted by atomic mass is 10.0. The minimum Gasteiger partial charge on any atom is -0.462 e. The van der Waals surface area contributed by atoms with E-state index in [9.17, 15) is 14.4 Å². The number of hydrogen-bond donors (Lipinski definition) is 0. The highest BCUT2D eigenvalue weighted by Crippen LogP contribution is 2.18. The van der Waals surface area contributed by atoms with Crippen LogP contribution in [0.25, 0.3) is 0 Å². The third-order valence-corrected chi connectivity index (χ3v) is 14.0. The van der Waals surface area contributed by atoms with Gasteiger partial charge in [0.05, 0.1) is 0 Å². The number of unbranched alkanes of at least 4 members (excludes halogenated alkanes) is 39. The van der Waals surface area contributed by atoms with E-state index in [-0.39, 0.29) is 31.1 Å². The van der Waals surface area contributed by atoms with Gasteiger partial charge in [0.25, 0.3) is 0 Å². The van der Waals surface area contributed by atoms with Crippen molar-refractivity contribution in [2.45, 2.75) is 341 Å². The zero-order valence-electron chi connectivity index (χ0n) is 48.2. The van der Waals surface area contributed by atoms with E-state index in [0.29, 0.717) is 19.3 Å². The van der Waals surface area contributed by atoms with Gasteiger partial charge in [-0.1, -0.05) is 294 Å². The molecule has 6 nitrogen and oxygen atoms in total. The van der Waals surface area contributed by atoms with E-state index in [2.05, 4.69) is 69.4 Å². The molecule has 0 bridgehead atoms. The Labute approximate surface area is 448 Å². The van der Waals surface area contributed by atoms with Gasteiger partial charge in [0.2, 0.25) is 0 Å². The summed E-state index contributed by atoms with van der Waals surface area (Å²) in [6, 6.07) is 0. The van der Waals surface area contributed by atoms with Gasteiger partial charge in [-0.05, 0) is 70.6 Å². The average Bonchev–Trinajstić information content (AvgIpc) is 3.38. The number of esters is 3. The van der Waals surface area contributed by atoms with Crippen molar-refractivity contribution in [3.05, 3.63) is 48.6 Å². The molecule has 1 unspecified atom stereocenters. The summed E-state index contributed by atoms with van der Waals surface area (Å²) in [4.78, 5) is 38.2. The van der Waals surface area contributed by atoms with Crippen molar-refractivity contribution < 1.29 is 28.6 Å². The number of carbonyl (C=O) groups excluding carboxylic acids is 3. The molecule has 0 spiro atoms. The molecule has 0 saturated heterocycles. The molecule has 0 aromatic carbocycles. The van der Waals surface area contributed by atoms with Gasteiger partial charge in [-0.15, -0.1) is 0 Å². The standard InChI is InChI=1S/C66H120O6/c1-4-7-10-13-16-19-22-25-26-27-28-29-30-31-32-33-34-35-36-37-38-39-42-44-47-50-53-56-59-65(68)71-62-63(72-66(69)60-57-54-51-48-45-41-24-21-18-15-12-9-6-3)61-70-64(67)58-55-52-49-46-43-40-23-20-17-14-11-8-5-2/h11-12,14-15,20-21,23-24,63H,4-10,13,16-19,22,25-62H2,1-3H3/b14-11-,15-12-,23-20-,24-21-. The highest BCUT2D eigenvalue weighted by molar-refractivity contribution is 5.71. The summed E-state index contributed by atoms with van der Waals surface area (Å²) in [6.07, 6.45) is 75.7. The van der Waals surface area contributed by atoms with E-state index < -0.39 is 6.10 Å². The van der Waals surface area contributed by atoms with Crippen molar-refractivity contribution in [2.24, 2.45) is 0 Å². The molecular formula is C66H120O6. The van der Waals surface area contributed by atoms with E-state index in [1.807, 2.05) is 0 Å². The molecule has 72 heavy (non-hydrogen) atoms. The Kier molecular flexibility index (Phi) is 58.7. The Hall–Kier alpha value is -2.63. The molecule has 6 heteroatoms. The van der Waals surface area contributed by atoms with Crippen molar-refractivity contribution >= 4 is 17.9 Å². The van der Waals surface area contributed by atoms with Gasteiger partial charge in [0.15, 0.2) is 6.10 Å². The first kappa shape index (κ1) is 69.4. The van der Waals surface area contributed by atoms with Crippen LogP contribution in [0.4, 0.5) is 0 Å². The van der Waals surface area contributed by atoms with Gasteiger partial charge in [-0.2, -0.15) is 0 Å². The first-order valence-corrected chi connectivity index (χ1v) is 31.6. The number of allylic oxidation sites excluding steroid dienone is 8. The van der Waals surface area contributed by atoms with Crippen molar-refractivity contribution in [3.63, 3.8) is 0 Å². The van der Waals surface area contributed by atoms with E-state index in [0.717, 1.165) is 116 Å². The molecule has 0 aromatic rings. The maximum Gasteiger partial charge on any atom is 0.306 e. The van der Waals surface area contributed by atoms with Gasteiger partial charge < -0.3 is 14.2 Å². The lowest BCUT2D eigenvalue weighted by Crippen LogP contribution is -2.30. The molecule has 0 saturated carbocycles. The van der Waals surface area contributed by atoms with Crippen molar-refractivity contribution in [1.29, 1.82) is 0 Å². The van der Waals surface area contributed by atoms with Crippen LogP contribution in [-0.2, 0) is 28.6 Å². The Morgan fingerprint density at radius 1 is 0.278 bits per heavy atom. The first-order chi connectivity index (χ1) is 35.5. The second-order valence-electron chi connectivity index (χ2n) is 21.3. The molecule has 0 fully saturated rings. The van der Waals surface area contributed by atoms with Crippen molar-refractivity contribution in [3.8, 4) is 0 Å². The average molecular weight is 1010 g/mol. The van der Waals surface area contributed by atoms with Crippen LogP contribution in [0.3, 0.4) is 0 Å². The van der Waals surface area contributed by atoms with Crippen LogP contribution in [-0.4, -0.2) is 37.2 Å². The molecule has 0 aliphatic heterocycles. The summed E-state index contributed by atoms with van der Waals surface area (Å²) >= 11 is 0. The summed E-state index contributed by atoms with van der Waals surface area (Å²) in [5.41, 5.74) is 0. The lowest BCUT2D eigenvalue weighted by Gasteiger charge is -2.18. The molecule has 0 aliphatic carbocycles.